The molecule has 4 N–H and O–H groups in total. The van der Waals surface area contributed by atoms with Crippen LogP contribution in [0.25, 0.3) is 0 Å². The zero-order valence-electron chi connectivity index (χ0n) is 16.1. The number of hydrogen-bond acceptors (Lipinski definition) is 8. The molecule has 0 aliphatic carbocycles. The fraction of sp³-hybridized carbons (Fsp3) is 0.526. The summed E-state index contributed by atoms with van der Waals surface area (Å²) in [6, 6.07) is 1.79. The van der Waals surface area contributed by atoms with Gasteiger partial charge in [0, 0.05) is 29.6 Å². The van der Waals surface area contributed by atoms with Gasteiger partial charge in [-0.25, -0.2) is 15.0 Å². The summed E-state index contributed by atoms with van der Waals surface area (Å²) >= 11 is 7.55. The molecule has 0 radical (unpaired) electrons. The molecular weight excluding hydrogens is 396 g/mol. The summed E-state index contributed by atoms with van der Waals surface area (Å²) < 4.78 is 5.92. The molecule has 0 bridgehead atoms. The average molecular weight is 421 g/mol. The first-order valence-electron chi connectivity index (χ1n) is 9.46. The summed E-state index contributed by atoms with van der Waals surface area (Å²) in [4.78, 5) is 16.1. The quantitative estimate of drug-likeness (QED) is 0.777. The first kappa shape index (κ1) is 19.5. The van der Waals surface area contributed by atoms with Crippen LogP contribution >= 0.6 is 23.4 Å². The maximum Gasteiger partial charge on any atom is 0.158 e. The van der Waals surface area contributed by atoms with Crippen LogP contribution in [0.15, 0.2) is 28.4 Å². The molecule has 2 fully saturated rings. The number of hydrogen-bond donors (Lipinski definition) is 2. The molecule has 150 valence electrons. The number of ether oxygens (including phenoxy) is 1. The van der Waals surface area contributed by atoms with Crippen molar-refractivity contribution in [2.24, 2.45) is 11.3 Å². The van der Waals surface area contributed by atoms with Crippen molar-refractivity contribution >= 4 is 40.8 Å². The molecule has 2 aromatic rings. The summed E-state index contributed by atoms with van der Waals surface area (Å²) in [7, 11) is 0. The molecule has 2 saturated heterocycles. The Hall–Kier alpha value is -1.77. The van der Waals surface area contributed by atoms with E-state index in [1.807, 2.05) is 0 Å². The van der Waals surface area contributed by atoms with Crippen LogP contribution in [0.4, 0.5) is 17.5 Å². The second-order valence-electron chi connectivity index (χ2n) is 7.68. The van der Waals surface area contributed by atoms with Gasteiger partial charge in [0.2, 0.25) is 0 Å². The van der Waals surface area contributed by atoms with Crippen LogP contribution in [0.3, 0.4) is 0 Å². The third-order valence-corrected chi connectivity index (χ3v) is 7.80. The van der Waals surface area contributed by atoms with Gasteiger partial charge in [-0.05, 0) is 31.7 Å². The average Bonchev–Trinajstić information content (AvgIpc) is 2.96. The molecule has 28 heavy (non-hydrogen) atoms. The van der Waals surface area contributed by atoms with Crippen molar-refractivity contribution in [2.45, 2.75) is 42.7 Å². The summed E-state index contributed by atoms with van der Waals surface area (Å²) in [5.74, 6) is 2.08. The molecule has 1 spiro atoms. The number of piperidine rings is 1. The smallest absolute Gasteiger partial charge is 0.158 e. The van der Waals surface area contributed by atoms with Crippen LogP contribution in [-0.2, 0) is 4.74 Å². The lowest BCUT2D eigenvalue weighted by Gasteiger charge is -2.41. The second-order valence-corrected chi connectivity index (χ2v) is 9.09. The lowest BCUT2D eigenvalue weighted by Crippen LogP contribution is -2.44. The molecule has 4 heterocycles. The van der Waals surface area contributed by atoms with E-state index in [1.165, 1.54) is 11.8 Å². The number of nitrogens with zero attached hydrogens (tertiary/aromatic N) is 4. The maximum atomic E-state index is 6.21. The van der Waals surface area contributed by atoms with E-state index in [-0.39, 0.29) is 5.82 Å². The highest BCUT2D eigenvalue weighted by atomic mass is 35.5. The predicted octanol–water partition coefficient (Wildman–Crippen LogP) is 3.48. The number of anilines is 3. The highest BCUT2D eigenvalue weighted by molar-refractivity contribution is 7.99. The third kappa shape index (κ3) is 3.49. The van der Waals surface area contributed by atoms with Gasteiger partial charge in [-0.15, -0.1) is 0 Å². The molecule has 4 rings (SSSR count). The minimum atomic E-state index is 0.288. The molecule has 7 nitrogen and oxygen atoms in total. The van der Waals surface area contributed by atoms with E-state index in [0.717, 1.165) is 43.3 Å². The van der Waals surface area contributed by atoms with Gasteiger partial charge in [-0.2, -0.15) is 0 Å². The number of aromatic nitrogens is 3. The van der Waals surface area contributed by atoms with Gasteiger partial charge < -0.3 is 21.1 Å². The number of halogens is 1. The molecule has 2 aliphatic rings. The predicted molar refractivity (Wildman–Crippen MR) is 113 cm³/mol. The summed E-state index contributed by atoms with van der Waals surface area (Å²) in [5, 5.41) is 1.01. The van der Waals surface area contributed by atoms with Gasteiger partial charge in [-0.1, -0.05) is 30.3 Å². The van der Waals surface area contributed by atoms with Crippen LogP contribution in [-0.4, -0.2) is 40.8 Å². The molecule has 0 amide bonds. The number of nitrogen functional groups attached to an aromatic ring is 2. The lowest BCUT2D eigenvalue weighted by molar-refractivity contribution is 0.0969. The Balaban J connectivity index is 1.46. The van der Waals surface area contributed by atoms with Crippen molar-refractivity contribution < 1.29 is 4.74 Å². The topological polar surface area (TPSA) is 103 Å². The van der Waals surface area contributed by atoms with Crippen molar-refractivity contribution in [3.8, 4) is 0 Å². The summed E-state index contributed by atoms with van der Waals surface area (Å²) in [6.07, 6.45) is 5.93. The molecule has 2 aromatic heterocycles. The Kier molecular flexibility index (Phi) is 5.28. The summed E-state index contributed by atoms with van der Waals surface area (Å²) in [5.41, 5.74) is 12.2. The first-order valence-corrected chi connectivity index (χ1v) is 10.7. The standard InChI is InChI=1S/C19H25ClN6OS/c1-11-12(2)27-10-19(11)4-7-26(8-5-19)14-9-24-18(17(22)25-14)28-13-3-6-23-16(21)15(13)20/h3,6,9,11-12H,4-5,7-8,10H2,1-2H3,(H2,21,23)(H2,22,25)/t11-,12+/m1/s1. The van der Waals surface area contributed by atoms with Crippen LogP contribution in [0.5, 0.6) is 0 Å². The molecule has 2 atom stereocenters. The Morgan fingerprint density at radius 1 is 1.21 bits per heavy atom. The van der Waals surface area contributed by atoms with E-state index in [9.17, 15) is 0 Å². The fourth-order valence-electron chi connectivity index (χ4n) is 4.09. The van der Waals surface area contributed by atoms with Crippen molar-refractivity contribution in [3.05, 3.63) is 23.5 Å². The lowest BCUT2D eigenvalue weighted by atomic mass is 9.70. The van der Waals surface area contributed by atoms with Crippen LogP contribution in [0, 0.1) is 11.3 Å². The van der Waals surface area contributed by atoms with E-state index >= 15 is 0 Å². The third-order valence-electron chi connectivity index (χ3n) is 6.23. The Bertz CT molecular complexity index is 873. The molecule has 2 aliphatic heterocycles. The summed E-state index contributed by atoms with van der Waals surface area (Å²) in [6.45, 7) is 7.23. The second kappa shape index (κ2) is 7.57. The van der Waals surface area contributed by atoms with Gasteiger partial charge in [0.25, 0.3) is 0 Å². The van der Waals surface area contributed by atoms with Crippen molar-refractivity contribution in [2.75, 3.05) is 36.1 Å². The van der Waals surface area contributed by atoms with E-state index in [2.05, 4.69) is 33.7 Å². The highest BCUT2D eigenvalue weighted by Crippen LogP contribution is 2.46. The van der Waals surface area contributed by atoms with E-state index < -0.39 is 0 Å². The largest absolute Gasteiger partial charge is 0.382 e. The highest BCUT2D eigenvalue weighted by Gasteiger charge is 2.47. The molecular formula is C19H25ClN6OS. The molecule has 9 heteroatoms. The monoisotopic (exact) mass is 420 g/mol. The Morgan fingerprint density at radius 3 is 2.61 bits per heavy atom. The first-order chi connectivity index (χ1) is 13.4. The van der Waals surface area contributed by atoms with Crippen LogP contribution in [0.2, 0.25) is 5.02 Å². The van der Waals surface area contributed by atoms with Crippen molar-refractivity contribution in [1.82, 2.24) is 15.0 Å². The van der Waals surface area contributed by atoms with Crippen molar-refractivity contribution in [1.29, 1.82) is 0 Å². The SMILES string of the molecule is C[C@@H]1OCC2(CCN(c3cnc(Sc4ccnc(N)c4Cl)c(N)n3)CC2)[C@@H]1C. The van der Waals surface area contributed by atoms with Gasteiger partial charge >= 0.3 is 0 Å². The van der Waals surface area contributed by atoms with Crippen LogP contribution < -0.4 is 16.4 Å². The minimum Gasteiger partial charge on any atom is -0.382 e. The molecule has 0 saturated carbocycles. The zero-order valence-corrected chi connectivity index (χ0v) is 17.6. The fourth-order valence-corrected chi connectivity index (χ4v) is 5.10. The molecule has 0 unspecified atom stereocenters. The zero-order chi connectivity index (χ0) is 19.9. The van der Waals surface area contributed by atoms with E-state index in [1.54, 1.807) is 18.5 Å². The van der Waals surface area contributed by atoms with Crippen LogP contribution in [0.1, 0.15) is 26.7 Å². The minimum absolute atomic E-state index is 0.288. The van der Waals surface area contributed by atoms with Gasteiger partial charge in [0.1, 0.15) is 16.7 Å². The number of nitrogens with two attached hydrogens (primary N) is 2. The van der Waals surface area contributed by atoms with E-state index in [4.69, 9.17) is 27.8 Å². The Labute approximate surface area is 174 Å². The number of pyridine rings is 1. The van der Waals surface area contributed by atoms with Gasteiger partial charge in [0.05, 0.1) is 23.9 Å². The number of rotatable bonds is 3. The maximum absolute atomic E-state index is 6.21. The molecule has 0 aromatic carbocycles. The van der Waals surface area contributed by atoms with Gasteiger partial charge in [-0.3, -0.25) is 0 Å². The van der Waals surface area contributed by atoms with Crippen molar-refractivity contribution in [3.63, 3.8) is 0 Å². The Morgan fingerprint density at radius 2 is 1.96 bits per heavy atom. The normalized spacial score (nSPS) is 24.0. The van der Waals surface area contributed by atoms with E-state index in [0.29, 0.717) is 33.3 Å². The van der Waals surface area contributed by atoms with Gasteiger partial charge in [0.15, 0.2) is 5.82 Å².